The Morgan fingerprint density at radius 3 is 2.24 bits per heavy atom. The van der Waals surface area contributed by atoms with Crippen molar-refractivity contribution in [2.24, 2.45) is 0 Å². The highest BCUT2D eigenvalue weighted by Crippen LogP contribution is 2.40. The van der Waals surface area contributed by atoms with Crippen LogP contribution in [0.1, 0.15) is 50.8 Å². The van der Waals surface area contributed by atoms with Crippen LogP contribution in [0.2, 0.25) is 0 Å². The number of halogens is 1. The lowest BCUT2D eigenvalue weighted by Gasteiger charge is -2.32. The molecule has 0 radical (unpaired) electrons. The van der Waals surface area contributed by atoms with Gasteiger partial charge in [-0.15, -0.1) is 0 Å². The number of nitrogens with one attached hydrogen (secondary N) is 1. The van der Waals surface area contributed by atoms with Crippen molar-refractivity contribution >= 4 is 30.2 Å². The van der Waals surface area contributed by atoms with Gasteiger partial charge in [-0.1, -0.05) is 12.1 Å². The maximum Gasteiger partial charge on any atom is 0.525 e. The zero-order valence-corrected chi connectivity index (χ0v) is 17.0. The highest BCUT2D eigenvalue weighted by Gasteiger charge is 2.53. The summed E-state index contributed by atoms with van der Waals surface area (Å²) in [4.78, 5) is 18.5. The van der Waals surface area contributed by atoms with E-state index in [1.165, 1.54) is 6.20 Å². The zero-order valence-electron chi connectivity index (χ0n) is 17.0. The highest BCUT2D eigenvalue weighted by atomic mass is 19.1. The molecule has 1 aliphatic heterocycles. The molecule has 1 aliphatic rings. The van der Waals surface area contributed by atoms with Gasteiger partial charge in [-0.05, 0) is 64.0 Å². The van der Waals surface area contributed by atoms with Gasteiger partial charge in [0.05, 0.1) is 11.2 Å². The summed E-state index contributed by atoms with van der Waals surface area (Å²) < 4.78 is 26.5. The smallest absolute Gasteiger partial charge is 0.475 e. The van der Waals surface area contributed by atoms with E-state index in [2.05, 4.69) is 15.3 Å². The van der Waals surface area contributed by atoms with Crippen molar-refractivity contribution in [3.8, 4) is 0 Å². The lowest BCUT2D eigenvalue weighted by atomic mass is 9.83. The molecule has 0 aliphatic carbocycles. The summed E-state index contributed by atoms with van der Waals surface area (Å²) in [5.41, 5.74) is 0.0750. The fourth-order valence-corrected chi connectivity index (χ4v) is 2.74. The monoisotopic (exact) mass is 399 g/mol. The maximum absolute atomic E-state index is 15.0. The summed E-state index contributed by atoms with van der Waals surface area (Å²) in [6.07, 6.45) is 1.36. The van der Waals surface area contributed by atoms with Crippen molar-refractivity contribution < 1.29 is 23.6 Å². The second kappa shape index (κ2) is 7.57. The predicted molar refractivity (Wildman–Crippen MR) is 109 cm³/mol. The molecule has 2 N–H and O–H groups in total. The summed E-state index contributed by atoms with van der Waals surface area (Å²) in [5.74, 6) is -1.15. The second-order valence-corrected chi connectivity index (χ2v) is 7.83. The molecule has 0 bridgehead atoms. The largest absolute Gasteiger partial charge is 0.525 e. The summed E-state index contributed by atoms with van der Waals surface area (Å²) >= 11 is 0. The molecule has 1 fully saturated rings. The first-order chi connectivity index (χ1) is 13.5. The summed E-state index contributed by atoms with van der Waals surface area (Å²) in [5, 5.41) is 12.0. The van der Waals surface area contributed by atoms with E-state index in [4.69, 9.17) is 14.4 Å². The molecule has 1 saturated heterocycles. The Hall–Kier alpha value is -2.78. The van der Waals surface area contributed by atoms with Crippen molar-refractivity contribution in [1.29, 1.82) is 0 Å². The van der Waals surface area contributed by atoms with Gasteiger partial charge in [0.25, 0.3) is 0 Å². The van der Waals surface area contributed by atoms with Gasteiger partial charge in [0.15, 0.2) is 0 Å². The molecule has 152 valence electrons. The lowest BCUT2D eigenvalue weighted by Crippen LogP contribution is -2.41. The molecule has 29 heavy (non-hydrogen) atoms. The third-order valence-corrected chi connectivity index (χ3v) is 5.26. The molecule has 0 atom stereocenters. The van der Waals surface area contributed by atoms with Crippen molar-refractivity contribution in [3.63, 3.8) is 0 Å². The minimum atomic E-state index is -1.21. The maximum atomic E-state index is 15.0. The van der Waals surface area contributed by atoms with Gasteiger partial charge in [-0.25, -0.2) is 19.2 Å². The van der Waals surface area contributed by atoms with Gasteiger partial charge < -0.3 is 19.7 Å². The number of carbonyl (C=O) groups is 1. The van der Waals surface area contributed by atoms with Crippen LogP contribution in [0.15, 0.2) is 42.3 Å². The van der Waals surface area contributed by atoms with Gasteiger partial charge >= 0.3 is 13.1 Å². The Bertz CT molecular complexity index is 944. The Labute approximate surface area is 169 Å². The fraction of sp³-hybridized carbons (Fsp3) is 0.350. The molecule has 2 heterocycles. The van der Waals surface area contributed by atoms with E-state index in [9.17, 15) is 9.18 Å². The van der Waals surface area contributed by atoms with Gasteiger partial charge in [-0.3, -0.25) is 0 Å². The Morgan fingerprint density at radius 2 is 1.69 bits per heavy atom. The number of rotatable bonds is 5. The van der Waals surface area contributed by atoms with Crippen molar-refractivity contribution in [2.75, 3.05) is 5.32 Å². The standard InChI is InChI=1S/C20H23BFN3O4/c1-12(16(22)21-28-19(2,3)20(4,5)29-21)13-6-8-14(9-7-13)24-15-10-11-23-17(25-15)18(26)27/h6-11H,1-5H3,(H,26,27)(H,23,24,25). The summed E-state index contributed by atoms with van der Waals surface area (Å²) in [6, 6.07) is 8.56. The molecule has 0 spiro atoms. The van der Waals surface area contributed by atoms with E-state index in [1.54, 1.807) is 37.3 Å². The van der Waals surface area contributed by atoms with Crippen LogP contribution < -0.4 is 5.32 Å². The number of anilines is 2. The van der Waals surface area contributed by atoms with Crippen molar-refractivity contribution in [3.05, 3.63) is 53.6 Å². The number of carboxylic acids is 1. The molecule has 1 aromatic carbocycles. The molecule has 3 rings (SSSR count). The SMILES string of the molecule is CC(=C(F)B1OC(C)(C)C(C)(C)O1)c1ccc(Nc2ccnc(C(=O)O)n2)cc1. The molecule has 9 heteroatoms. The average molecular weight is 399 g/mol. The molecule has 7 nitrogen and oxygen atoms in total. The Kier molecular flexibility index (Phi) is 5.47. The summed E-state index contributed by atoms with van der Waals surface area (Å²) in [7, 11) is -1.05. The summed E-state index contributed by atoms with van der Waals surface area (Å²) in [6.45, 7) is 9.17. The van der Waals surface area contributed by atoms with Crippen LogP contribution in [0, 0.1) is 0 Å². The third kappa shape index (κ3) is 4.30. The number of nitrogens with zero attached hydrogens (tertiary/aromatic N) is 2. The minimum Gasteiger partial charge on any atom is -0.475 e. The minimum absolute atomic E-state index is 0.296. The molecular formula is C20H23BFN3O4. The zero-order chi connectivity index (χ0) is 21.4. The first kappa shape index (κ1) is 20.9. The Morgan fingerprint density at radius 1 is 1.10 bits per heavy atom. The van der Waals surface area contributed by atoms with E-state index < -0.39 is 30.0 Å². The number of carboxylic acid groups (broad SMARTS) is 1. The third-order valence-electron chi connectivity index (χ3n) is 5.26. The van der Waals surface area contributed by atoms with E-state index >= 15 is 0 Å². The fourth-order valence-electron chi connectivity index (χ4n) is 2.74. The number of hydrogen-bond donors (Lipinski definition) is 2. The topological polar surface area (TPSA) is 93.6 Å². The van der Waals surface area contributed by atoms with Crippen LogP contribution >= 0.6 is 0 Å². The number of allylic oxidation sites excluding steroid dienone is 1. The number of benzene rings is 1. The number of hydrogen-bond acceptors (Lipinski definition) is 6. The first-order valence-electron chi connectivity index (χ1n) is 9.16. The van der Waals surface area contributed by atoms with Crippen LogP contribution in [-0.2, 0) is 9.31 Å². The predicted octanol–water partition coefficient (Wildman–Crippen LogP) is 4.25. The van der Waals surface area contributed by atoms with Gasteiger partial charge in [-0.2, -0.15) is 0 Å². The van der Waals surface area contributed by atoms with Crippen LogP contribution in [0.5, 0.6) is 0 Å². The molecule has 0 saturated carbocycles. The van der Waals surface area contributed by atoms with Gasteiger partial charge in [0, 0.05) is 11.9 Å². The van der Waals surface area contributed by atoms with Gasteiger partial charge in [0.1, 0.15) is 11.5 Å². The van der Waals surface area contributed by atoms with Crippen LogP contribution in [0.25, 0.3) is 5.57 Å². The van der Waals surface area contributed by atoms with E-state index in [0.29, 0.717) is 22.6 Å². The van der Waals surface area contributed by atoms with Gasteiger partial charge in [0.2, 0.25) is 5.82 Å². The van der Waals surface area contributed by atoms with Crippen molar-refractivity contribution in [1.82, 2.24) is 9.97 Å². The van der Waals surface area contributed by atoms with Crippen LogP contribution in [0.4, 0.5) is 15.9 Å². The van der Waals surface area contributed by atoms with Crippen LogP contribution in [-0.4, -0.2) is 39.4 Å². The molecule has 0 unspecified atom stereocenters. The second-order valence-electron chi connectivity index (χ2n) is 7.83. The molecule has 1 aromatic heterocycles. The normalized spacial score (nSPS) is 18.3. The van der Waals surface area contributed by atoms with E-state index in [0.717, 1.165) is 0 Å². The number of aromatic carboxylic acids is 1. The molecule has 2 aromatic rings. The first-order valence-corrected chi connectivity index (χ1v) is 9.16. The average Bonchev–Trinajstić information content (AvgIpc) is 2.88. The number of aromatic nitrogens is 2. The van der Waals surface area contributed by atoms with E-state index in [-0.39, 0.29) is 5.82 Å². The van der Waals surface area contributed by atoms with Crippen LogP contribution in [0.3, 0.4) is 0 Å². The highest BCUT2D eigenvalue weighted by molar-refractivity contribution is 6.55. The van der Waals surface area contributed by atoms with E-state index in [1.807, 2.05) is 27.7 Å². The molecular weight excluding hydrogens is 376 g/mol. The van der Waals surface area contributed by atoms with Crippen molar-refractivity contribution in [2.45, 2.75) is 45.8 Å². The lowest BCUT2D eigenvalue weighted by molar-refractivity contribution is 0.00578. The quantitative estimate of drug-likeness (QED) is 0.726. The molecule has 0 amide bonds. The Balaban J connectivity index is 1.77.